The van der Waals surface area contributed by atoms with E-state index in [2.05, 4.69) is 95.3 Å². The second-order valence-corrected chi connectivity index (χ2v) is 18.5. The van der Waals surface area contributed by atoms with E-state index >= 15 is 0 Å². The fourth-order valence-electron chi connectivity index (χ4n) is 9.18. The molecule has 4 aliphatic carbocycles. The summed E-state index contributed by atoms with van der Waals surface area (Å²) >= 11 is 0. The zero-order valence-electron chi connectivity index (χ0n) is 24.3. The van der Waals surface area contributed by atoms with Crippen LogP contribution in [0.5, 0.6) is 0 Å². The predicted octanol–water partition coefficient (Wildman–Crippen LogP) is 6.64. The van der Waals surface area contributed by atoms with Crippen LogP contribution in [0.25, 0.3) is 0 Å². The summed E-state index contributed by atoms with van der Waals surface area (Å²) in [5.74, 6) is 1.25. The van der Waals surface area contributed by atoms with Crippen LogP contribution in [0.4, 0.5) is 0 Å². The van der Waals surface area contributed by atoms with Gasteiger partial charge < -0.3 is 4.43 Å². The first-order valence-corrected chi connectivity index (χ1v) is 17.0. The molecule has 0 aromatic heterocycles. The molecule has 0 amide bonds. The van der Waals surface area contributed by atoms with E-state index in [0.29, 0.717) is 18.1 Å². The number of ketones is 2. The molecule has 0 N–H and O–H groups in total. The fraction of sp³-hybridized carbons (Fsp3) is 0.543. The smallest absolute Gasteiger partial charge is 0.261 e. The van der Waals surface area contributed by atoms with Crippen molar-refractivity contribution in [2.75, 3.05) is 0 Å². The van der Waals surface area contributed by atoms with Gasteiger partial charge in [0.05, 0.1) is 0 Å². The Balaban J connectivity index is 1.35. The lowest BCUT2D eigenvalue weighted by molar-refractivity contribution is -0.139. The van der Waals surface area contributed by atoms with E-state index in [0.717, 1.165) is 38.5 Å². The molecule has 3 unspecified atom stereocenters. The predicted molar refractivity (Wildman–Crippen MR) is 160 cm³/mol. The zero-order chi connectivity index (χ0) is 27.6. The number of benzene rings is 2. The van der Waals surface area contributed by atoms with Gasteiger partial charge in [-0.15, -0.1) is 0 Å². The minimum atomic E-state index is -2.65. The minimum absolute atomic E-state index is 0.0121. The summed E-state index contributed by atoms with van der Waals surface area (Å²) in [4.78, 5) is 26.6. The van der Waals surface area contributed by atoms with Gasteiger partial charge >= 0.3 is 0 Å². The van der Waals surface area contributed by atoms with Gasteiger partial charge in [-0.1, -0.05) is 101 Å². The van der Waals surface area contributed by atoms with Crippen molar-refractivity contribution in [2.24, 2.45) is 28.6 Å². The largest absolute Gasteiger partial charge is 0.404 e. The van der Waals surface area contributed by atoms with Gasteiger partial charge in [0, 0.05) is 23.9 Å². The van der Waals surface area contributed by atoms with E-state index in [1.165, 1.54) is 15.9 Å². The first kappa shape index (κ1) is 26.9. The Kier molecular flexibility index (Phi) is 6.47. The number of carbonyl (C=O) groups excluding carboxylic acids is 2. The molecule has 6 rings (SSSR count). The Bertz CT molecular complexity index is 1250. The zero-order valence-corrected chi connectivity index (χ0v) is 25.3. The van der Waals surface area contributed by atoms with Crippen molar-refractivity contribution >= 4 is 30.3 Å². The number of Topliss-reactive ketones (excluding diaryl/α,β-unsaturated/α-hetero) is 1. The SMILES string of the molecule is CC(C)(C)[Si](O[C@H]1CC[C@@]2(C)C(=CC(=O)C3C2CC[C@]2(C)C(=O)CCC32)C1)(c1ccccc1)c1ccccc1. The average molecular weight is 541 g/mol. The fourth-order valence-corrected chi connectivity index (χ4v) is 13.9. The monoisotopic (exact) mass is 540 g/mol. The molecule has 0 bridgehead atoms. The summed E-state index contributed by atoms with van der Waals surface area (Å²) in [5, 5.41) is 2.55. The molecular formula is C35H44O3Si. The van der Waals surface area contributed by atoms with Gasteiger partial charge in [-0.2, -0.15) is 0 Å². The van der Waals surface area contributed by atoms with Crippen molar-refractivity contribution < 1.29 is 14.0 Å². The quantitative estimate of drug-likeness (QED) is 0.408. The van der Waals surface area contributed by atoms with E-state index in [9.17, 15) is 9.59 Å². The summed E-state index contributed by atoms with van der Waals surface area (Å²) in [6.07, 6.45) is 8.46. The molecule has 4 aliphatic rings. The number of allylic oxidation sites excluding steroid dienone is 1. The second kappa shape index (κ2) is 9.38. The van der Waals surface area contributed by atoms with Crippen molar-refractivity contribution in [2.45, 2.75) is 90.7 Å². The summed E-state index contributed by atoms with van der Waals surface area (Å²) in [6, 6.07) is 21.8. The van der Waals surface area contributed by atoms with Gasteiger partial charge in [-0.3, -0.25) is 9.59 Å². The highest BCUT2D eigenvalue weighted by atomic mass is 28.4. The van der Waals surface area contributed by atoms with Crippen LogP contribution in [0.2, 0.25) is 5.04 Å². The maximum Gasteiger partial charge on any atom is 0.261 e. The van der Waals surface area contributed by atoms with Crippen LogP contribution < -0.4 is 10.4 Å². The maximum atomic E-state index is 13.8. The van der Waals surface area contributed by atoms with Gasteiger partial charge in [-0.05, 0) is 77.3 Å². The van der Waals surface area contributed by atoms with Crippen LogP contribution in [0.1, 0.15) is 79.6 Å². The number of rotatable bonds is 4. The van der Waals surface area contributed by atoms with Crippen LogP contribution in [0.15, 0.2) is 72.3 Å². The van der Waals surface area contributed by atoms with Crippen LogP contribution in [0, 0.1) is 28.6 Å². The lowest BCUT2D eigenvalue weighted by Gasteiger charge is -2.56. The third-order valence-electron chi connectivity index (χ3n) is 11.4. The molecule has 3 saturated carbocycles. The summed E-state index contributed by atoms with van der Waals surface area (Å²) in [6.45, 7) is 11.6. The average Bonchev–Trinajstić information content (AvgIpc) is 3.22. The van der Waals surface area contributed by atoms with E-state index < -0.39 is 8.32 Å². The third kappa shape index (κ3) is 4.00. The van der Waals surface area contributed by atoms with Gasteiger partial charge in [0.1, 0.15) is 5.78 Å². The topological polar surface area (TPSA) is 43.4 Å². The lowest BCUT2D eigenvalue weighted by Crippen LogP contribution is -2.68. The van der Waals surface area contributed by atoms with Crippen molar-refractivity contribution in [3.05, 3.63) is 72.3 Å². The maximum absolute atomic E-state index is 13.8. The first-order chi connectivity index (χ1) is 18.5. The van der Waals surface area contributed by atoms with Crippen LogP contribution in [-0.4, -0.2) is 26.0 Å². The summed E-state index contributed by atoms with van der Waals surface area (Å²) in [5.41, 5.74) is 1.04. The molecule has 2 aromatic rings. The van der Waals surface area contributed by atoms with Crippen molar-refractivity contribution in [1.29, 1.82) is 0 Å². The number of carbonyl (C=O) groups is 2. The molecule has 2 aromatic carbocycles. The van der Waals surface area contributed by atoms with Crippen molar-refractivity contribution in [3.8, 4) is 0 Å². The Hall–Kier alpha value is -2.30. The minimum Gasteiger partial charge on any atom is -0.404 e. The Morgan fingerprint density at radius 2 is 1.36 bits per heavy atom. The van der Waals surface area contributed by atoms with Gasteiger partial charge in [0.25, 0.3) is 8.32 Å². The Labute approximate surface area is 235 Å². The lowest BCUT2D eigenvalue weighted by atomic mass is 9.48. The van der Waals surface area contributed by atoms with Crippen LogP contribution in [0.3, 0.4) is 0 Å². The standard InChI is InChI=1S/C35H44O3Si/c1-33(2,3)39(26-12-8-6-9-13-26,27-14-10-7-11-15-27)38-25-18-20-34(4)24(22-25)23-30(36)32-28-16-17-31(37)35(28,5)21-19-29(32)34/h6-15,23,25,28-29,32H,16-22H2,1-5H3/t25-,28?,29?,32?,34-,35-/m0/s1. The Morgan fingerprint density at radius 1 is 0.795 bits per heavy atom. The van der Waals surface area contributed by atoms with E-state index in [1.807, 2.05) is 6.08 Å². The highest BCUT2D eigenvalue weighted by molar-refractivity contribution is 6.99. The van der Waals surface area contributed by atoms with Gasteiger partial charge in [-0.25, -0.2) is 0 Å². The molecule has 4 heteroatoms. The molecule has 206 valence electrons. The molecule has 39 heavy (non-hydrogen) atoms. The molecule has 3 fully saturated rings. The van der Waals surface area contributed by atoms with Crippen LogP contribution in [-0.2, 0) is 14.0 Å². The van der Waals surface area contributed by atoms with Gasteiger partial charge in [0.15, 0.2) is 5.78 Å². The second-order valence-electron chi connectivity index (χ2n) is 14.3. The summed E-state index contributed by atoms with van der Waals surface area (Å²) in [7, 11) is -2.65. The molecular weight excluding hydrogens is 496 g/mol. The van der Waals surface area contributed by atoms with Crippen LogP contribution >= 0.6 is 0 Å². The first-order valence-electron chi connectivity index (χ1n) is 15.1. The van der Waals surface area contributed by atoms with Gasteiger partial charge in [0.2, 0.25) is 0 Å². The number of hydrogen-bond donors (Lipinski definition) is 0. The van der Waals surface area contributed by atoms with E-state index in [-0.39, 0.29) is 39.6 Å². The third-order valence-corrected chi connectivity index (χ3v) is 16.5. The molecule has 0 radical (unpaired) electrons. The highest BCUT2D eigenvalue weighted by Gasteiger charge is 2.61. The molecule has 0 heterocycles. The molecule has 0 aliphatic heterocycles. The van der Waals surface area contributed by atoms with E-state index in [1.54, 1.807) is 0 Å². The van der Waals surface area contributed by atoms with E-state index in [4.69, 9.17) is 4.43 Å². The normalized spacial score (nSPS) is 34.6. The molecule has 3 nitrogen and oxygen atoms in total. The van der Waals surface area contributed by atoms with Crippen molar-refractivity contribution in [1.82, 2.24) is 0 Å². The Morgan fingerprint density at radius 3 is 1.95 bits per heavy atom. The number of hydrogen-bond acceptors (Lipinski definition) is 3. The number of fused-ring (bicyclic) bond motifs is 5. The molecule has 0 saturated heterocycles. The molecule has 6 atom stereocenters. The van der Waals surface area contributed by atoms with Crippen molar-refractivity contribution in [3.63, 3.8) is 0 Å². The molecule has 0 spiro atoms. The summed E-state index contributed by atoms with van der Waals surface area (Å²) < 4.78 is 7.52. The highest BCUT2D eigenvalue weighted by Crippen LogP contribution is 2.63.